The Labute approximate surface area is 90.1 Å². The van der Waals surface area contributed by atoms with Crippen molar-refractivity contribution in [2.24, 2.45) is 5.92 Å². The first-order valence-corrected chi connectivity index (χ1v) is 5.43. The molecule has 0 spiro atoms. The number of piperidine rings is 1. The molecule has 3 nitrogen and oxygen atoms in total. The normalized spacial score (nSPS) is 19.4. The van der Waals surface area contributed by atoms with E-state index in [9.17, 15) is 5.26 Å². The first-order chi connectivity index (χ1) is 7.42. The Bertz CT molecular complexity index is 336. The van der Waals surface area contributed by atoms with Crippen molar-refractivity contribution in [1.29, 1.82) is 5.26 Å². The molecule has 78 valence electrons. The van der Waals surface area contributed by atoms with Crippen LogP contribution in [0.25, 0.3) is 0 Å². The van der Waals surface area contributed by atoms with Crippen LogP contribution in [-0.2, 0) is 0 Å². The quantitative estimate of drug-likeness (QED) is 0.792. The Morgan fingerprint density at radius 1 is 1.40 bits per heavy atom. The number of rotatable bonds is 2. The lowest BCUT2D eigenvalue weighted by atomic mass is 9.83. The van der Waals surface area contributed by atoms with Crippen LogP contribution in [0.5, 0.6) is 0 Å². The van der Waals surface area contributed by atoms with Crippen LogP contribution in [0.4, 0.5) is 0 Å². The summed E-state index contributed by atoms with van der Waals surface area (Å²) in [6, 6.07) is 8.19. The van der Waals surface area contributed by atoms with Crippen molar-refractivity contribution in [2.45, 2.75) is 18.8 Å². The molecule has 2 heterocycles. The zero-order chi connectivity index (χ0) is 10.5. The van der Waals surface area contributed by atoms with Gasteiger partial charge in [-0.3, -0.25) is 4.98 Å². The predicted molar refractivity (Wildman–Crippen MR) is 58.2 cm³/mol. The maximum atomic E-state index is 9.22. The summed E-state index contributed by atoms with van der Waals surface area (Å²) in [6.07, 6.45) is 3.92. The molecule has 0 radical (unpaired) electrons. The van der Waals surface area contributed by atoms with E-state index in [-0.39, 0.29) is 5.92 Å². The standard InChI is InChI=1S/C12H15N3/c13-9-11(10-4-7-14-8-5-10)12-3-1-2-6-15-12/h1-3,6,10-11,14H,4-5,7-8H2. The molecule has 1 aromatic rings. The van der Waals surface area contributed by atoms with Crippen molar-refractivity contribution < 1.29 is 0 Å². The van der Waals surface area contributed by atoms with Crippen molar-refractivity contribution in [1.82, 2.24) is 10.3 Å². The Hall–Kier alpha value is -1.40. The second-order valence-corrected chi connectivity index (χ2v) is 3.95. The number of pyridine rings is 1. The van der Waals surface area contributed by atoms with Crippen molar-refractivity contribution in [3.63, 3.8) is 0 Å². The molecule has 0 aromatic carbocycles. The molecular weight excluding hydrogens is 186 g/mol. The SMILES string of the molecule is N#CC(c1ccccn1)C1CCNCC1. The first-order valence-electron chi connectivity index (χ1n) is 5.43. The summed E-state index contributed by atoms with van der Waals surface area (Å²) < 4.78 is 0. The molecule has 1 aliphatic heterocycles. The van der Waals surface area contributed by atoms with E-state index in [0.717, 1.165) is 31.6 Å². The van der Waals surface area contributed by atoms with Gasteiger partial charge in [0.2, 0.25) is 0 Å². The van der Waals surface area contributed by atoms with E-state index in [1.54, 1.807) is 6.20 Å². The molecule has 0 amide bonds. The van der Waals surface area contributed by atoms with Gasteiger partial charge in [-0.15, -0.1) is 0 Å². The van der Waals surface area contributed by atoms with Crippen LogP contribution >= 0.6 is 0 Å². The Balaban J connectivity index is 2.14. The second kappa shape index (κ2) is 4.90. The molecule has 1 aromatic heterocycles. The molecule has 1 atom stereocenters. The van der Waals surface area contributed by atoms with Crippen LogP contribution in [0.2, 0.25) is 0 Å². The first kappa shape index (κ1) is 10.1. The number of aromatic nitrogens is 1. The third kappa shape index (κ3) is 2.34. The molecule has 2 rings (SSSR count). The summed E-state index contributed by atoms with van der Waals surface area (Å²) in [5.41, 5.74) is 0.923. The minimum atomic E-state index is -0.0340. The Kier molecular flexibility index (Phi) is 3.31. The summed E-state index contributed by atoms with van der Waals surface area (Å²) in [5, 5.41) is 12.5. The third-order valence-corrected chi connectivity index (χ3v) is 3.00. The van der Waals surface area contributed by atoms with Crippen LogP contribution in [0.1, 0.15) is 24.5 Å². The van der Waals surface area contributed by atoms with Gasteiger partial charge in [0.15, 0.2) is 0 Å². The van der Waals surface area contributed by atoms with Gasteiger partial charge in [0.1, 0.15) is 0 Å². The average Bonchev–Trinajstić information content (AvgIpc) is 2.33. The van der Waals surface area contributed by atoms with Gasteiger partial charge in [-0.25, -0.2) is 0 Å². The molecule has 3 heteroatoms. The van der Waals surface area contributed by atoms with Crippen LogP contribution in [0, 0.1) is 17.2 Å². The third-order valence-electron chi connectivity index (χ3n) is 3.00. The highest BCUT2D eigenvalue weighted by Gasteiger charge is 2.25. The fraction of sp³-hybridized carbons (Fsp3) is 0.500. The van der Waals surface area contributed by atoms with Gasteiger partial charge in [0.05, 0.1) is 17.7 Å². The van der Waals surface area contributed by atoms with Gasteiger partial charge in [-0.2, -0.15) is 5.26 Å². The summed E-state index contributed by atoms with van der Waals surface area (Å²) in [6.45, 7) is 2.05. The lowest BCUT2D eigenvalue weighted by molar-refractivity contribution is 0.348. The minimum absolute atomic E-state index is 0.0340. The molecule has 0 saturated carbocycles. The van der Waals surface area contributed by atoms with Crippen LogP contribution in [0.3, 0.4) is 0 Å². The van der Waals surface area contributed by atoms with E-state index in [2.05, 4.69) is 16.4 Å². The van der Waals surface area contributed by atoms with Crippen LogP contribution in [0.15, 0.2) is 24.4 Å². The van der Waals surface area contributed by atoms with Crippen molar-refractivity contribution in [2.75, 3.05) is 13.1 Å². The molecule has 0 bridgehead atoms. The van der Waals surface area contributed by atoms with Gasteiger partial charge < -0.3 is 5.32 Å². The summed E-state index contributed by atoms with van der Waals surface area (Å²) >= 11 is 0. The zero-order valence-corrected chi connectivity index (χ0v) is 8.69. The number of nitrogens with zero attached hydrogens (tertiary/aromatic N) is 2. The van der Waals surface area contributed by atoms with Gasteiger partial charge in [0.25, 0.3) is 0 Å². The van der Waals surface area contributed by atoms with Gasteiger partial charge in [-0.1, -0.05) is 6.07 Å². The van der Waals surface area contributed by atoms with E-state index in [1.165, 1.54) is 0 Å². The van der Waals surface area contributed by atoms with Crippen molar-refractivity contribution in [3.8, 4) is 6.07 Å². The lowest BCUT2D eigenvalue weighted by Gasteiger charge is -2.26. The number of hydrogen-bond acceptors (Lipinski definition) is 3. The molecule has 1 unspecified atom stereocenters. The molecule has 1 fully saturated rings. The monoisotopic (exact) mass is 201 g/mol. The fourth-order valence-corrected chi connectivity index (χ4v) is 2.15. The van der Waals surface area contributed by atoms with Gasteiger partial charge >= 0.3 is 0 Å². The van der Waals surface area contributed by atoms with Crippen LogP contribution < -0.4 is 5.32 Å². The Morgan fingerprint density at radius 3 is 2.80 bits per heavy atom. The largest absolute Gasteiger partial charge is 0.317 e. The molecule has 1 aliphatic rings. The van der Waals surface area contributed by atoms with E-state index >= 15 is 0 Å². The smallest absolute Gasteiger partial charge is 0.0913 e. The van der Waals surface area contributed by atoms with Gasteiger partial charge in [-0.05, 0) is 44.0 Å². The van der Waals surface area contributed by atoms with Crippen LogP contribution in [-0.4, -0.2) is 18.1 Å². The second-order valence-electron chi connectivity index (χ2n) is 3.95. The highest BCUT2D eigenvalue weighted by atomic mass is 14.9. The number of hydrogen-bond donors (Lipinski definition) is 1. The topological polar surface area (TPSA) is 48.7 Å². The van der Waals surface area contributed by atoms with Crippen molar-refractivity contribution in [3.05, 3.63) is 30.1 Å². The number of nitriles is 1. The van der Waals surface area contributed by atoms with Gasteiger partial charge in [0, 0.05) is 6.20 Å². The summed E-state index contributed by atoms with van der Waals surface area (Å²) in [7, 11) is 0. The van der Waals surface area contributed by atoms with E-state index in [4.69, 9.17) is 0 Å². The molecule has 0 aliphatic carbocycles. The summed E-state index contributed by atoms with van der Waals surface area (Å²) in [4.78, 5) is 4.28. The average molecular weight is 201 g/mol. The highest BCUT2D eigenvalue weighted by molar-refractivity contribution is 5.18. The zero-order valence-electron chi connectivity index (χ0n) is 8.69. The fourth-order valence-electron chi connectivity index (χ4n) is 2.15. The lowest BCUT2D eigenvalue weighted by Crippen LogP contribution is -2.30. The highest BCUT2D eigenvalue weighted by Crippen LogP contribution is 2.28. The molecular formula is C12H15N3. The maximum Gasteiger partial charge on any atom is 0.0913 e. The van der Waals surface area contributed by atoms with E-state index < -0.39 is 0 Å². The van der Waals surface area contributed by atoms with E-state index in [0.29, 0.717) is 5.92 Å². The molecule has 1 saturated heterocycles. The predicted octanol–water partition coefficient (Wildman–Crippen LogP) is 1.69. The number of nitrogens with one attached hydrogen (secondary N) is 1. The summed E-state index contributed by atoms with van der Waals surface area (Å²) in [5.74, 6) is 0.430. The van der Waals surface area contributed by atoms with Crippen molar-refractivity contribution >= 4 is 0 Å². The minimum Gasteiger partial charge on any atom is -0.317 e. The molecule has 15 heavy (non-hydrogen) atoms. The molecule has 1 N–H and O–H groups in total. The Morgan fingerprint density at radius 2 is 2.20 bits per heavy atom. The van der Waals surface area contributed by atoms with E-state index in [1.807, 2.05) is 18.2 Å². The maximum absolute atomic E-state index is 9.22.